The minimum atomic E-state index is -0.536. The van der Waals surface area contributed by atoms with E-state index in [0.29, 0.717) is 10.9 Å². The lowest BCUT2D eigenvalue weighted by Gasteiger charge is -2.04. The van der Waals surface area contributed by atoms with Gasteiger partial charge in [0.15, 0.2) is 0 Å². The van der Waals surface area contributed by atoms with Crippen molar-refractivity contribution >= 4 is 11.6 Å². The fraction of sp³-hybridized carbons (Fsp3) is 0.375. The fourth-order valence-electron chi connectivity index (χ4n) is 0.762. The van der Waals surface area contributed by atoms with Crippen LogP contribution in [0.25, 0.3) is 0 Å². The highest BCUT2D eigenvalue weighted by molar-refractivity contribution is 6.31. The van der Waals surface area contributed by atoms with Gasteiger partial charge < -0.3 is 4.74 Å². The molecule has 1 aromatic rings. The third-order valence-electron chi connectivity index (χ3n) is 1.26. The Bertz CT molecular complexity index is 267. The summed E-state index contributed by atoms with van der Waals surface area (Å²) in [6.45, 7) is 1.33. The highest BCUT2D eigenvalue weighted by Gasteiger charge is 2.01. The van der Waals surface area contributed by atoms with Gasteiger partial charge in [-0.15, -0.1) is 0 Å². The van der Waals surface area contributed by atoms with E-state index in [1.807, 2.05) is 6.92 Å². The standard InChI is InChI=1S/C8H9ClFNO/c1-6-4-7(9)8(11-5-6)12-3-2-10/h4-5H,2-3H2,1H3. The van der Waals surface area contributed by atoms with Gasteiger partial charge in [-0.3, -0.25) is 0 Å². The van der Waals surface area contributed by atoms with Gasteiger partial charge in [-0.2, -0.15) is 0 Å². The number of hydrogen-bond acceptors (Lipinski definition) is 2. The largest absolute Gasteiger partial charge is 0.474 e. The second-order valence-corrected chi connectivity index (χ2v) is 2.74. The van der Waals surface area contributed by atoms with E-state index in [9.17, 15) is 4.39 Å². The summed E-state index contributed by atoms with van der Waals surface area (Å²) in [6, 6.07) is 1.72. The molecule has 66 valence electrons. The molecule has 1 heterocycles. The monoisotopic (exact) mass is 189 g/mol. The molecule has 0 aromatic carbocycles. The molecule has 0 atom stereocenters. The van der Waals surface area contributed by atoms with E-state index in [-0.39, 0.29) is 6.61 Å². The van der Waals surface area contributed by atoms with Crippen LogP contribution in [0.1, 0.15) is 5.56 Å². The second-order valence-electron chi connectivity index (χ2n) is 2.34. The van der Waals surface area contributed by atoms with Crippen LogP contribution >= 0.6 is 11.6 Å². The van der Waals surface area contributed by atoms with Gasteiger partial charge in [0.1, 0.15) is 18.3 Å². The number of nitrogens with zero attached hydrogens (tertiary/aromatic N) is 1. The first-order valence-electron chi connectivity index (χ1n) is 3.55. The summed E-state index contributed by atoms with van der Waals surface area (Å²) < 4.78 is 16.6. The normalized spacial score (nSPS) is 9.92. The van der Waals surface area contributed by atoms with Crippen molar-refractivity contribution in [2.75, 3.05) is 13.3 Å². The van der Waals surface area contributed by atoms with Crippen LogP contribution in [-0.2, 0) is 0 Å². The molecule has 0 saturated heterocycles. The van der Waals surface area contributed by atoms with E-state index >= 15 is 0 Å². The number of aromatic nitrogens is 1. The first-order valence-corrected chi connectivity index (χ1v) is 3.92. The van der Waals surface area contributed by atoms with Gasteiger partial charge in [0, 0.05) is 6.20 Å². The van der Waals surface area contributed by atoms with Crippen molar-refractivity contribution in [3.8, 4) is 5.88 Å². The Balaban J connectivity index is 2.72. The SMILES string of the molecule is Cc1cnc(OCCF)c(Cl)c1. The molecule has 0 radical (unpaired) electrons. The maximum atomic E-state index is 11.7. The summed E-state index contributed by atoms with van der Waals surface area (Å²) in [5, 5.41) is 0.420. The van der Waals surface area contributed by atoms with E-state index in [1.165, 1.54) is 0 Å². The molecule has 0 fully saturated rings. The predicted molar refractivity (Wildman–Crippen MR) is 45.5 cm³/mol. The third kappa shape index (κ3) is 2.34. The molecule has 0 aliphatic heterocycles. The predicted octanol–water partition coefficient (Wildman–Crippen LogP) is 2.39. The minimum Gasteiger partial charge on any atom is -0.474 e. The van der Waals surface area contributed by atoms with Gasteiger partial charge in [-0.1, -0.05) is 11.6 Å². The zero-order chi connectivity index (χ0) is 8.97. The molecular formula is C8H9ClFNO. The quantitative estimate of drug-likeness (QED) is 0.729. The van der Waals surface area contributed by atoms with E-state index in [1.54, 1.807) is 12.3 Å². The van der Waals surface area contributed by atoms with Crippen molar-refractivity contribution in [2.24, 2.45) is 0 Å². The van der Waals surface area contributed by atoms with Gasteiger partial charge in [0.05, 0.1) is 0 Å². The molecule has 0 spiro atoms. The number of rotatable bonds is 3. The molecule has 1 rings (SSSR count). The fourth-order valence-corrected chi connectivity index (χ4v) is 1.04. The highest BCUT2D eigenvalue weighted by Crippen LogP contribution is 2.21. The van der Waals surface area contributed by atoms with Gasteiger partial charge >= 0.3 is 0 Å². The van der Waals surface area contributed by atoms with Crippen LogP contribution in [0, 0.1) is 6.92 Å². The maximum Gasteiger partial charge on any atom is 0.232 e. The summed E-state index contributed by atoms with van der Waals surface area (Å²) >= 11 is 5.76. The van der Waals surface area contributed by atoms with E-state index < -0.39 is 6.67 Å². The Morgan fingerprint density at radius 3 is 3.00 bits per heavy atom. The van der Waals surface area contributed by atoms with Crippen molar-refractivity contribution < 1.29 is 9.13 Å². The molecule has 0 aliphatic rings. The van der Waals surface area contributed by atoms with Gasteiger partial charge in [-0.25, -0.2) is 9.37 Å². The first kappa shape index (κ1) is 9.26. The summed E-state index contributed by atoms with van der Waals surface area (Å²) in [5.41, 5.74) is 0.951. The van der Waals surface area contributed by atoms with Gasteiger partial charge in [0.25, 0.3) is 0 Å². The number of aryl methyl sites for hydroxylation is 1. The lowest BCUT2D eigenvalue weighted by atomic mass is 10.3. The number of hydrogen-bond donors (Lipinski definition) is 0. The van der Waals surface area contributed by atoms with Crippen molar-refractivity contribution in [1.29, 1.82) is 0 Å². The number of ether oxygens (including phenoxy) is 1. The first-order chi connectivity index (χ1) is 5.74. The number of halogens is 2. The van der Waals surface area contributed by atoms with Crippen molar-refractivity contribution in [1.82, 2.24) is 4.98 Å². The average molecular weight is 190 g/mol. The lowest BCUT2D eigenvalue weighted by Crippen LogP contribution is -2.00. The summed E-state index contributed by atoms with van der Waals surface area (Å²) in [5.74, 6) is 0.292. The van der Waals surface area contributed by atoms with E-state index in [4.69, 9.17) is 16.3 Å². The molecule has 1 aromatic heterocycles. The Kier molecular flexibility index (Phi) is 3.29. The third-order valence-corrected chi connectivity index (χ3v) is 1.53. The molecule has 0 amide bonds. The summed E-state index contributed by atoms with van der Waals surface area (Å²) in [6.07, 6.45) is 1.62. The Morgan fingerprint density at radius 1 is 1.67 bits per heavy atom. The van der Waals surface area contributed by atoms with Crippen LogP contribution in [0.3, 0.4) is 0 Å². The number of pyridine rings is 1. The van der Waals surface area contributed by atoms with E-state index in [2.05, 4.69) is 4.98 Å². The molecule has 0 N–H and O–H groups in total. The van der Waals surface area contributed by atoms with Crippen molar-refractivity contribution in [2.45, 2.75) is 6.92 Å². The Hall–Kier alpha value is -0.830. The molecule has 0 aliphatic carbocycles. The molecule has 2 nitrogen and oxygen atoms in total. The molecule has 0 saturated carbocycles. The maximum absolute atomic E-state index is 11.7. The smallest absolute Gasteiger partial charge is 0.232 e. The van der Waals surface area contributed by atoms with Crippen LogP contribution < -0.4 is 4.74 Å². The number of alkyl halides is 1. The lowest BCUT2D eigenvalue weighted by molar-refractivity contribution is 0.264. The van der Waals surface area contributed by atoms with Crippen LogP contribution in [0.2, 0.25) is 5.02 Å². The Morgan fingerprint density at radius 2 is 2.42 bits per heavy atom. The summed E-state index contributed by atoms with van der Waals surface area (Å²) in [7, 11) is 0. The van der Waals surface area contributed by atoms with Crippen LogP contribution in [0.4, 0.5) is 4.39 Å². The molecule has 0 unspecified atom stereocenters. The molecule has 12 heavy (non-hydrogen) atoms. The highest BCUT2D eigenvalue weighted by atomic mass is 35.5. The summed E-state index contributed by atoms with van der Waals surface area (Å²) in [4.78, 5) is 3.89. The zero-order valence-electron chi connectivity index (χ0n) is 6.68. The average Bonchev–Trinajstić information content (AvgIpc) is 2.03. The Labute approximate surface area is 75.3 Å². The zero-order valence-corrected chi connectivity index (χ0v) is 7.44. The van der Waals surface area contributed by atoms with Gasteiger partial charge in [-0.05, 0) is 18.6 Å². The van der Waals surface area contributed by atoms with Gasteiger partial charge in [0.2, 0.25) is 5.88 Å². The molecule has 0 bridgehead atoms. The van der Waals surface area contributed by atoms with Crippen molar-refractivity contribution in [3.63, 3.8) is 0 Å². The van der Waals surface area contributed by atoms with Crippen LogP contribution in [-0.4, -0.2) is 18.3 Å². The minimum absolute atomic E-state index is 0.00419. The van der Waals surface area contributed by atoms with Crippen LogP contribution in [0.15, 0.2) is 12.3 Å². The van der Waals surface area contributed by atoms with Crippen molar-refractivity contribution in [3.05, 3.63) is 22.8 Å². The van der Waals surface area contributed by atoms with Crippen LogP contribution in [0.5, 0.6) is 5.88 Å². The molecule has 4 heteroatoms. The molecular weight excluding hydrogens is 181 g/mol. The van der Waals surface area contributed by atoms with E-state index in [0.717, 1.165) is 5.56 Å². The second kappa shape index (κ2) is 4.26. The topological polar surface area (TPSA) is 22.1 Å².